The molecule has 3 aromatic rings. The summed E-state index contributed by atoms with van der Waals surface area (Å²) in [6, 6.07) is 15.7. The second kappa shape index (κ2) is 10.2. The lowest BCUT2D eigenvalue weighted by Crippen LogP contribution is -2.39. The van der Waals surface area contributed by atoms with E-state index in [4.69, 9.17) is 5.41 Å². The summed E-state index contributed by atoms with van der Waals surface area (Å²) in [4.78, 5) is 21.5. The van der Waals surface area contributed by atoms with E-state index >= 15 is 0 Å². The summed E-state index contributed by atoms with van der Waals surface area (Å²) in [5.41, 5.74) is 2.55. The number of carbonyl (C=O) groups is 1. The van der Waals surface area contributed by atoms with Gasteiger partial charge in [0.1, 0.15) is 16.6 Å². The fraction of sp³-hybridized carbons (Fsp3) is 0.370. The molecule has 0 radical (unpaired) electrons. The van der Waals surface area contributed by atoms with E-state index in [0.29, 0.717) is 34.4 Å². The molecule has 5 rings (SSSR count). The zero-order valence-electron chi connectivity index (χ0n) is 20.0. The second-order valence-electron chi connectivity index (χ2n) is 9.32. The van der Waals surface area contributed by atoms with Crippen molar-refractivity contribution in [3.05, 3.63) is 64.9 Å². The summed E-state index contributed by atoms with van der Waals surface area (Å²) >= 11 is 1.46. The van der Waals surface area contributed by atoms with E-state index in [2.05, 4.69) is 22.2 Å². The fourth-order valence-corrected chi connectivity index (χ4v) is 6.00. The minimum atomic E-state index is -0.127. The van der Waals surface area contributed by atoms with Crippen LogP contribution in [0.25, 0.3) is 15.8 Å². The molecule has 7 nitrogen and oxygen atoms in total. The second-order valence-corrected chi connectivity index (χ2v) is 10.4. The number of aliphatic hydroxyl groups is 1. The van der Waals surface area contributed by atoms with Crippen molar-refractivity contribution in [3.63, 3.8) is 0 Å². The van der Waals surface area contributed by atoms with E-state index in [1.165, 1.54) is 43.4 Å². The Bertz CT molecular complexity index is 1240. The number of hydrogen-bond acceptors (Lipinski definition) is 6. The summed E-state index contributed by atoms with van der Waals surface area (Å²) in [5, 5.41) is 23.1. The number of fused-ring (bicyclic) bond motifs is 1. The van der Waals surface area contributed by atoms with Crippen LogP contribution in [0.3, 0.4) is 0 Å². The first-order chi connectivity index (χ1) is 17.0. The van der Waals surface area contributed by atoms with Gasteiger partial charge in [0.05, 0.1) is 22.3 Å². The van der Waals surface area contributed by atoms with Gasteiger partial charge in [0, 0.05) is 30.4 Å². The summed E-state index contributed by atoms with van der Waals surface area (Å²) in [6.45, 7) is 1.61. The van der Waals surface area contributed by atoms with Crippen molar-refractivity contribution < 1.29 is 9.90 Å². The molecule has 2 aromatic carbocycles. The van der Waals surface area contributed by atoms with Gasteiger partial charge in [-0.2, -0.15) is 0 Å². The number of rotatable bonds is 7. The minimum absolute atomic E-state index is 0.120. The molecular weight excluding hydrogens is 458 g/mol. The number of likely N-dealkylation sites (N-methyl/N-ethyl adjacent to an activating group) is 1. The SMILES string of the molecule is CN(CCNC(=O)c1cccc(N2CC(O)=C(c3nc4ccccc4s3)C2=N)c1)C1CCCCC1. The van der Waals surface area contributed by atoms with E-state index in [-0.39, 0.29) is 24.0 Å². The zero-order chi connectivity index (χ0) is 24.4. The van der Waals surface area contributed by atoms with Crippen LogP contribution in [0.5, 0.6) is 0 Å². The van der Waals surface area contributed by atoms with E-state index in [0.717, 1.165) is 16.8 Å². The average molecular weight is 490 g/mol. The van der Waals surface area contributed by atoms with Crippen molar-refractivity contribution in [1.82, 2.24) is 15.2 Å². The van der Waals surface area contributed by atoms with Crippen LogP contribution in [0.15, 0.2) is 54.3 Å². The number of nitrogens with one attached hydrogen (secondary N) is 2. The number of aliphatic hydroxyl groups excluding tert-OH is 1. The molecular formula is C27H31N5O2S. The highest BCUT2D eigenvalue weighted by atomic mass is 32.1. The Morgan fingerprint density at radius 2 is 2.00 bits per heavy atom. The lowest BCUT2D eigenvalue weighted by Gasteiger charge is -2.31. The lowest BCUT2D eigenvalue weighted by molar-refractivity contribution is 0.0944. The molecule has 0 atom stereocenters. The fourth-order valence-electron chi connectivity index (χ4n) is 4.97. The highest BCUT2D eigenvalue weighted by Gasteiger charge is 2.31. The van der Waals surface area contributed by atoms with Gasteiger partial charge < -0.3 is 20.2 Å². The van der Waals surface area contributed by atoms with Crippen LogP contribution in [-0.4, -0.2) is 59.5 Å². The van der Waals surface area contributed by atoms with Gasteiger partial charge in [-0.05, 0) is 50.2 Å². The van der Waals surface area contributed by atoms with Gasteiger partial charge in [-0.25, -0.2) is 4.98 Å². The molecule has 1 aliphatic heterocycles. The van der Waals surface area contributed by atoms with E-state index < -0.39 is 0 Å². The molecule has 1 aromatic heterocycles. The van der Waals surface area contributed by atoms with Crippen LogP contribution in [0, 0.1) is 5.41 Å². The standard InChI is InChI=1S/C27H31N5O2S/c1-31(19-9-3-2-4-10-19)15-14-29-26(34)18-8-7-11-20(16-18)32-17-22(33)24(25(32)28)27-30-21-12-5-6-13-23(21)35-27/h5-8,11-13,16,19,28,33H,2-4,9-10,14-15,17H2,1H3,(H,29,34). The highest BCUT2D eigenvalue weighted by Crippen LogP contribution is 2.35. The third kappa shape index (κ3) is 4.94. The van der Waals surface area contributed by atoms with Crippen molar-refractivity contribution in [3.8, 4) is 0 Å². The van der Waals surface area contributed by atoms with Gasteiger partial charge in [-0.15, -0.1) is 11.3 Å². The Morgan fingerprint density at radius 3 is 2.80 bits per heavy atom. The number of nitrogens with zero attached hydrogens (tertiary/aromatic N) is 3. The molecule has 1 aliphatic carbocycles. The van der Waals surface area contributed by atoms with E-state index in [1.807, 2.05) is 36.4 Å². The third-order valence-corrected chi connectivity index (χ3v) is 8.03. The van der Waals surface area contributed by atoms with Crippen LogP contribution in [0.4, 0.5) is 5.69 Å². The number of benzene rings is 2. The minimum Gasteiger partial charge on any atom is -0.510 e. The molecule has 0 unspecified atom stereocenters. The Balaban J connectivity index is 1.24. The monoisotopic (exact) mass is 489 g/mol. The van der Waals surface area contributed by atoms with Crippen LogP contribution in [0.2, 0.25) is 0 Å². The smallest absolute Gasteiger partial charge is 0.251 e. The molecule has 0 spiro atoms. The Labute approximate surface area is 209 Å². The van der Waals surface area contributed by atoms with Crippen LogP contribution < -0.4 is 10.2 Å². The maximum absolute atomic E-state index is 12.8. The van der Waals surface area contributed by atoms with Crippen LogP contribution >= 0.6 is 11.3 Å². The molecule has 2 heterocycles. The van der Waals surface area contributed by atoms with Gasteiger partial charge >= 0.3 is 0 Å². The summed E-state index contributed by atoms with van der Waals surface area (Å²) in [6.07, 6.45) is 6.42. The first-order valence-electron chi connectivity index (χ1n) is 12.2. The molecule has 0 saturated heterocycles. The quantitative estimate of drug-likeness (QED) is 0.432. The predicted molar refractivity (Wildman–Crippen MR) is 143 cm³/mol. The number of para-hydroxylation sites is 1. The largest absolute Gasteiger partial charge is 0.510 e. The van der Waals surface area contributed by atoms with Crippen LogP contribution in [0.1, 0.15) is 47.5 Å². The zero-order valence-corrected chi connectivity index (χ0v) is 20.8. The van der Waals surface area contributed by atoms with Crippen LogP contribution in [-0.2, 0) is 0 Å². The van der Waals surface area contributed by atoms with E-state index in [9.17, 15) is 9.90 Å². The normalized spacial score (nSPS) is 17.1. The van der Waals surface area contributed by atoms with Crippen molar-refractivity contribution in [1.29, 1.82) is 5.41 Å². The maximum Gasteiger partial charge on any atom is 0.251 e. The van der Waals surface area contributed by atoms with Crippen molar-refractivity contribution >= 4 is 44.6 Å². The molecule has 182 valence electrons. The van der Waals surface area contributed by atoms with Crippen molar-refractivity contribution in [2.75, 3.05) is 31.6 Å². The molecule has 35 heavy (non-hydrogen) atoms. The Morgan fingerprint density at radius 1 is 1.20 bits per heavy atom. The number of thiazole rings is 1. The highest BCUT2D eigenvalue weighted by molar-refractivity contribution is 7.19. The molecule has 1 fully saturated rings. The van der Waals surface area contributed by atoms with Gasteiger partial charge in [0.25, 0.3) is 5.91 Å². The van der Waals surface area contributed by atoms with Gasteiger partial charge in [-0.3, -0.25) is 10.2 Å². The van der Waals surface area contributed by atoms with Crippen molar-refractivity contribution in [2.45, 2.75) is 38.1 Å². The lowest BCUT2D eigenvalue weighted by atomic mass is 9.94. The van der Waals surface area contributed by atoms with Gasteiger partial charge in [0.15, 0.2) is 0 Å². The van der Waals surface area contributed by atoms with Crippen molar-refractivity contribution in [2.24, 2.45) is 0 Å². The molecule has 1 amide bonds. The number of amidine groups is 1. The summed E-state index contributed by atoms with van der Waals surface area (Å²) in [7, 11) is 2.14. The van der Waals surface area contributed by atoms with E-state index in [1.54, 1.807) is 17.0 Å². The number of aromatic nitrogens is 1. The summed E-state index contributed by atoms with van der Waals surface area (Å²) in [5.74, 6) is 0.182. The molecule has 1 saturated carbocycles. The Hall–Kier alpha value is -3.23. The number of carbonyl (C=O) groups excluding carboxylic acids is 1. The topological polar surface area (TPSA) is 92.6 Å². The first kappa shape index (κ1) is 23.5. The van der Waals surface area contributed by atoms with Gasteiger partial charge in [0.2, 0.25) is 0 Å². The first-order valence-corrected chi connectivity index (χ1v) is 13.1. The molecule has 0 bridgehead atoms. The maximum atomic E-state index is 12.8. The predicted octanol–water partition coefficient (Wildman–Crippen LogP) is 5.06. The number of anilines is 1. The summed E-state index contributed by atoms with van der Waals surface area (Å²) < 4.78 is 1.02. The average Bonchev–Trinajstić information content (AvgIpc) is 3.44. The van der Waals surface area contributed by atoms with Gasteiger partial charge in [-0.1, -0.05) is 37.5 Å². The molecule has 8 heteroatoms. The molecule has 2 aliphatic rings. The Kier molecular flexibility index (Phi) is 6.83. The molecule has 3 N–H and O–H groups in total. The number of hydrogen-bond donors (Lipinski definition) is 3. The number of amides is 1. The third-order valence-electron chi connectivity index (χ3n) is 6.98.